The van der Waals surface area contributed by atoms with Gasteiger partial charge in [0.2, 0.25) is 29.6 Å². The van der Waals surface area contributed by atoms with Gasteiger partial charge in [-0.05, 0) is 108 Å². The predicted molar refractivity (Wildman–Crippen MR) is 269 cm³/mol. The van der Waals surface area contributed by atoms with Gasteiger partial charge in [0.25, 0.3) is 11.8 Å². The van der Waals surface area contributed by atoms with Gasteiger partial charge in [-0.25, -0.2) is 9.78 Å². The number of piperidine rings is 1. The van der Waals surface area contributed by atoms with E-state index in [1.807, 2.05) is 24.2 Å². The molecule has 2 unspecified atom stereocenters. The zero-order valence-corrected chi connectivity index (χ0v) is 42.1. The molecule has 3 aromatic rings. The minimum absolute atomic E-state index is 0.0217. The molecule has 2 saturated carbocycles. The molecule has 2 atom stereocenters. The van der Waals surface area contributed by atoms with E-state index in [1.54, 1.807) is 29.9 Å². The first-order valence-electron chi connectivity index (χ1n) is 26.6. The Morgan fingerprint density at radius 1 is 0.781 bits per heavy atom. The van der Waals surface area contributed by atoms with E-state index in [0.717, 1.165) is 152 Å². The molecular formula is C52H69N13O8. The number of amides is 6. The van der Waals surface area contributed by atoms with Crippen LogP contribution in [-0.4, -0.2) is 182 Å². The van der Waals surface area contributed by atoms with Crippen LogP contribution >= 0.6 is 0 Å². The highest BCUT2D eigenvalue weighted by molar-refractivity contribution is 6.23. The van der Waals surface area contributed by atoms with E-state index >= 15 is 0 Å². The first-order valence-corrected chi connectivity index (χ1v) is 26.6. The summed E-state index contributed by atoms with van der Waals surface area (Å²) in [6, 6.07) is 4.93. The van der Waals surface area contributed by atoms with Crippen molar-refractivity contribution < 1.29 is 38.3 Å². The molecule has 7 aliphatic rings. The molecule has 1 aromatic carbocycles. The number of nitrogens with zero attached hydrogens (tertiary/aromatic N) is 10. The summed E-state index contributed by atoms with van der Waals surface area (Å²) in [7, 11) is 1.83. The van der Waals surface area contributed by atoms with Crippen molar-refractivity contribution in [2.24, 2.45) is 24.8 Å². The van der Waals surface area contributed by atoms with Gasteiger partial charge in [-0.1, -0.05) is 0 Å². The second kappa shape index (κ2) is 21.9. The Kier molecular flexibility index (Phi) is 15.0. The zero-order valence-electron chi connectivity index (χ0n) is 42.1. The first-order chi connectivity index (χ1) is 35.4. The average Bonchev–Trinajstić information content (AvgIpc) is 4.13. The van der Waals surface area contributed by atoms with Crippen LogP contribution in [0.15, 0.2) is 36.8 Å². The number of hydrogen-bond acceptors (Lipinski definition) is 16. The summed E-state index contributed by atoms with van der Waals surface area (Å²) < 4.78 is 6.99. The Bertz CT molecular complexity index is 2570. The van der Waals surface area contributed by atoms with Crippen LogP contribution in [0.4, 0.5) is 23.1 Å². The van der Waals surface area contributed by atoms with Crippen LogP contribution in [0, 0.1) is 17.8 Å². The van der Waals surface area contributed by atoms with E-state index in [9.17, 15) is 33.6 Å². The molecule has 6 amide bonds. The second-order valence-electron chi connectivity index (χ2n) is 21.0. The fourth-order valence-corrected chi connectivity index (χ4v) is 12.2. The van der Waals surface area contributed by atoms with Gasteiger partial charge in [-0.15, -0.1) is 0 Å². The molecule has 7 heterocycles. The highest BCUT2D eigenvalue weighted by Crippen LogP contribution is 2.35. The predicted octanol–water partition coefficient (Wildman–Crippen LogP) is 3.27. The maximum absolute atomic E-state index is 13.8. The molecule has 0 spiro atoms. The maximum Gasteiger partial charge on any atom is 0.343 e. The quantitative estimate of drug-likeness (QED) is 0.156. The van der Waals surface area contributed by atoms with E-state index in [-0.39, 0.29) is 54.7 Å². The number of esters is 1. The molecule has 21 heteroatoms. The number of carbonyl (C=O) groups is 7. The van der Waals surface area contributed by atoms with Gasteiger partial charge in [0.1, 0.15) is 17.4 Å². The molecular weight excluding hydrogens is 935 g/mol. The van der Waals surface area contributed by atoms with Crippen molar-refractivity contribution in [3.05, 3.63) is 53.5 Å². The van der Waals surface area contributed by atoms with E-state index in [2.05, 4.69) is 50.6 Å². The Balaban J connectivity index is 0.611. The van der Waals surface area contributed by atoms with Gasteiger partial charge >= 0.3 is 5.97 Å². The molecule has 0 radical (unpaired) electrons. The number of rotatable bonds is 14. The van der Waals surface area contributed by atoms with Crippen molar-refractivity contribution in [2.75, 3.05) is 94.1 Å². The molecule has 5 aliphatic heterocycles. The van der Waals surface area contributed by atoms with Gasteiger partial charge in [0.15, 0.2) is 0 Å². The van der Waals surface area contributed by atoms with Crippen molar-refractivity contribution in [3.8, 4) is 0 Å². The van der Waals surface area contributed by atoms with E-state index in [4.69, 9.17) is 4.74 Å². The van der Waals surface area contributed by atoms with Crippen molar-refractivity contribution in [3.63, 3.8) is 0 Å². The Labute approximate surface area is 425 Å². The third-order valence-electron chi connectivity index (χ3n) is 16.5. The van der Waals surface area contributed by atoms with Gasteiger partial charge in [0.05, 0.1) is 29.6 Å². The minimum atomic E-state index is -0.982. The van der Waals surface area contributed by atoms with Crippen molar-refractivity contribution in [2.45, 2.75) is 102 Å². The van der Waals surface area contributed by atoms with Crippen LogP contribution in [-0.2, 0) is 31.0 Å². The molecule has 2 aliphatic carbocycles. The van der Waals surface area contributed by atoms with Gasteiger partial charge in [-0.2, -0.15) is 10.1 Å². The van der Waals surface area contributed by atoms with E-state index < -0.39 is 35.6 Å². The smallest absolute Gasteiger partial charge is 0.343 e. The Morgan fingerprint density at radius 2 is 1.47 bits per heavy atom. The monoisotopic (exact) mass is 1000 g/mol. The molecule has 10 rings (SSSR count). The SMILES string of the molecule is CCOC(=O)c1cnc(Nc2cnn(C)c2)nc1NC1CCC(N2CCN(C(=O)C3CCC(C(=O)N4CCN(CCC5CCN(c6ccc7c(c6)C(=O)N(C6CCC(=O)NC6=O)C7=O)C5)CC4)CC3)CC2)CC1. The van der Waals surface area contributed by atoms with E-state index in [0.29, 0.717) is 34.9 Å². The molecule has 3 N–H and O–H groups in total. The van der Waals surface area contributed by atoms with Gasteiger partial charge < -0.3 is 30.1 Å². The maximum atomic E-state index is 13.8. The number of anilines is 4. The fraction of sp³-hybridized carbons (Fsp3) is 0.615. The van der Waals surface area contributed by atoms with Crippen LogP contribution < -0.4 is 20.9 Å². The molecule has 390 valence electrons. The summed E-state index contributed by atoms with van der Waals surface area (Å²) in [6.07, 6.45) is 14.2. The number of benzene rings is 1. The number of fused-ring (bicyclic) bond motifs is 1. The largest absolute Gasteiger partial charge is 0.462 e. The highest BCUT2D eigenvalue weighted by atomic mass is 16.5. The lowest BCUT2D eigenvalue weighted by Crippen LogP contribution is -2.54. The first kappa shape index (κ1) is 50.1. The number of nitrogens with one attached hydrogen (secondary N) is 3. The Hall–Kier alpha value is -6.48. The lowest BCUT2D eigenvalue weighted by molar-refractivity contribution is -0.143. The summed E-state index contributed by atoms with van der Waals surface area (Å²) in [4.78, 5) is 112. The molecule has 73 heavy (non-hydrogen) atoms. The van der Waals surface area contributed by atoms with Crippen LogP contribution in [0.5, 0.6) is 0 Å². The number of piperazine rings is 2. The van der Waals surface area contributed by atoms with Crippen molar-refractivity contribution in [1.82, 2.24) is 49.6 Å². The third kappa shape index (κ3) is 11.1. The molecule has 0 bridgehead atoms. The zero-order chi connectivity index (χ0) is 50.8. The van der Waals surface area contributed by atoms with Crippen molar-refractivity contribution >= 4 is 64.6 Å². The number of hydrogen-bond donors (Lipinski definition) is 3. The van der Waals surface area contributed by atoms with Crippen LogP contribution in [0.2, 0.25) is 0 Å². The van der Waals surface area contributed by atoms with Crippen molar-refractivity contribution in [1.29, 1.82) is 0 Å². The Morgan fingerprint density at radius 3 is 2.12 bits per heavy atom. The van der Waals surface area contributed by atoms with Gasteiger partial charge in [-0.3, -0.25) is 53.5 Å². The minimum Gasteiger partial charge on any atom is -0.462 e. The molecule has 4 saturated heterocycles. The number of imide groups is 2. The summed E-state index contributed by atoms with van der Waals surface area (Å²) >= 11 is 0. The number of aryl methyl sites for hydroxylation is 1. The molecule has 21 nitrogen and oxygen atoms in total. The van der Waals surface area contributed by atoms with E-state index in [1.165, 1.54) is 6.20 Å². The van der Waals surface area contributed by atoms with Crippen LogP contribution in [0.25, 0.3) is 0 Å². The fourth-order valence-electron chi connectivity index (χ4n) is 12.2. The van der Waals surface area contributed by atoms with Gasteiger partial charge in [0, 0.05) is 121 Å². The normalized spacial score (nSPS) is 26.2. The highest BCUT2D eigenvalue weighted by Gasteiger charge is 2.45. The van der Waals surface area contributed by atoms with Crippen LogP contribution in [0.1, 0.15) is 115 Å². The van der Waals surface area contributed by atoms with Crippen LogP contribution in [0.3, 0.4) is 0 Å². The topological polar surface area (TPSA) is 228 Å². The summed E-state index contributed by atoms with van der Waals surface area (Å²) in [6.45, 7) is 11.0. The second-order valence-corrected chi connectivity index (χ2v) is 21.0. The summed E-state index contributed by atoms with van der Waals surface area (Å²) in [5.74, 6) is -0.717. The average molecular weight is 1000 g/mol. The number of aromatic nitrogens is 4. The lowest BCUT2D eigenvalue weighted by Gasteiger charge is -2.43. The summed E-state index contributed by atoms with van der Waals surface area (Å²) in [5.41, 5.74) is 2.53. The lowest BCUT2D eigenvalue weighted by atomic mass is 9.80. The molecule has 2 aromatic heterocycles. The molecule has 6 fully saturated rings. The number of carbonyl (C=O) groups excluding carboxylic acids is 7. The standard InChI is InChI=1S/C52H69N13O8/c1-3-73-51(72)42-30-53-52(56-37-29-54-59(2)32-37)58-45(42)55-36-8-10-38(11-9-36)61-24-26-63(27-25-61)48(69)35-6-4-34(5-7-35)47(68)62-22-20-60(21-23-62)18-16-33-17-19-64(31-33)39-12-13-40-41(28-39)50(71)65(49(40)70)43-14-15-44(66)57-46(43)67/h12-13,28-30,32-36,38,43H,3-11,14-27,31H2,1-2H3,(H,57,66,67)(H2,53,55,56,58). The number of ether oxygens (including phenoxy) is 1. The third-order valence-corrected chi connectivity index (χ3v) is 16.5. The summed E-state index contributed by atoms with van der Waals surface area (Å²) in [5, 5.41) is 13.1.